The van der Waals surface area contributed by atoms with Crippen molar-refractivity contribution in [2.75, 3.05) is 44.4 Å². The molecule has 1 fully saturated rings. The second-order valence-corrected chi connectivity index (χ2v) is 8.46. The molecular formula is C24H32N8O3. The second-order valence-electron chi connectivity index (χ2n) is 8.46. The van der Waals surface area contributed by atoms with Gasteiger partial charge in [-0.05, 0) is 31.4 Å². The molecule has 11 nitrogen and oxygen atoms in total. The fourth-order valence-electron chi connectivity index (χ4n) is 4.08. The lowest BCUT2D eigenvalue weighted by atomic mass is 10.1. The van der Waals surface area contributed by atoms with Gasteiger partial charge in [0.05, 0.1) is 24.5 Å². The highest BCUT2D eigenvalue weighted by molar-refractivity contribution is 5.96. The molecule has 0 atom stereocenters. The lowest BCUT2D eigenvalue weighted by Crippen LogP contribution is -2.36. The number of primary amides is 1. The zero-order valence-electron chi connectivity index (χ0n) is 20.1. The van der Waals surface area contributed by atoms with E-state index in [4.69, 9.17) is 20.9 Å². The first-order valence-electron chi connectivity index (χ1n) is 11.7. The molecule has 0 bridgehead atoms. The monoisotopic (exact) mass is 480 g/mol. The summed E-state index contributed by atoms with van der Waals surface area (Å²) in [5, 5.41) is 7.68. The number of nitrogens with two attached hydrogens (primary N) is 2. The van der Waals surface area contributed by atoms with E-state index in [1.54, 1.807) is 37.6 Å². The smallest absolute Gasteiger partial charge is 0.271 e. The minimum absolute atomic E-state index is 0.0426. The molecule has 186 valence electrons. The van der Waals surface area contributed by atoms with Gasteiger partial charge in [-0.1, -0.05) is 13.0 Å². The first kappa shape index (κ1) is 24.4. The highest BCUT2D eigenvalue weighted by Crippen LogP contribution is 2.29. The van der Waals surface area contributed by atoms with Gasteiger partial charge < -0.3 is 31.2 Å². The van der Waals surface area contributed by atoms with E-state index in [0.717, 1.165) is 39.1 Å². The molecule has 4 rings (SSSR count). The van der Waals surface area contributed by atoms with Crippen LogP contribution in [0.4, 0.5) is 17.2 Å². The Hall–Kier alpha value is -3.70. The molecule has 1 aliphatic rings. The predicted octanol–water partition coefficient (Wildman–Crippen LogP) is 2.74. The maximum atomic E-state index is 12.1. The number of piperidine rings is 1. The third kappa shape index (κ3) is 6.06. The Morgan fingerprint density at radius 2 is 2.06 bits per heavy atom. The summed E-state index contributed by atoms with van der Waals surface area (Å²) in [7, 11) is 1.72. The standard InChI is InChI=1S/C24H32N8O3/c1-3-20-24(35-19-6-4-5-16(25)13-19)30-23(21(29-20)22(26)33)28-17-14-27-32(15-17)18-7-9-31(10-8-18)11-12-34-2/h4-6,13-15,18H,3,7-12,25H2,1-2H3,(H2,26,33)(H,28,30). The van der Waals surface area contributed by atoms with Crippen LogP contribution in [0.2, 0.25) is 0 Å². The van der Waals surface area contributed by atoms with Crippen molar-refractivity contribution in [3.05, 3.63) is 48.0 Å². The molecule has 0 radical (unpaired) electrons. The van der Waals surface area contributed by atoms with Crippen molar-refractivity contribution in [2.45, 2.75) is 32.2 Å². The molecule has 1 amide bonds. The third-order valence-corrected chi connectivity index (χ3v) is 5.98. The van der Waals surface area contributed by atoms with Crippen LogP contribution in [0.3, 0.4) is 0 Å². The van der Waals surface area contributed by atoms with E-state index >= 15 is 0 Å². The van der Waals surface area contributed by atoms with E-state index in [0.29, 0.717) is 35.3 Å². The number of hydrogen-bond acceptors (Lipinski definition) is 9. The van der Waals surface area contributed by atoms with Crippen LogP contribution in [0.1, 0.15) is 42.0 Å². The van der Waals surface area contributed by atoms with Gasteiger partial charge in [0.15, 0.2) is 11.5 Å². The van der Waals surface area contributed by atoms with E-state index in [-0.39, 0.29) is 17.4 Å². The number of nitrogens with one attached hydrogen (secondary N) is 1. The summed E-state index contributed by atoms with van der Waals surface area (Å²) in [5.41, 5.74) is 13.3. The fraction of sp³-hybridized carbons (Fsp3) is 0.417. The second kappa shape index (κ2) is 11.2. The van der Waals surface area contributed by atoms with Crippen molar-refractivity contribution >= 4 is 23.1 Å². The maximum absolute atomic E-state index is 12.1. The average Bonchev–Trinajstić information content (AvgIpc) is 3.31. The minimum atomic E-state index is -0.680. The number of carbonyl (C=O) groups is 1. The Bertz CT molecular complexity index is 1160. The van der Waals surface area contributed by atoms with Gasteiger partial charge in [0.2, 0.25) is 5.88 Å². The molecule has 5 N–H and O–H groups in total. The van der Waals surface area contributed by atoms with E-state index in [9.17, 15) is 4.79 Å². The SMILES string of the molecule is CCc1nc(C(N)=O)c(Nc2cnn(C3CCN(CCOC)CC3)c2)nc1Oc1cccc(N)c1. The number of aromatic nitrogens is 4. The van der Waals surface area contributed by atoms with E-state index < -0.39 is 5.91 Å². The number of rotatable bonds is 10. The van der Waals surface area contributed by atoms with E-state index in [2.05, 4.69) is 25.3 Å². The summed E-state index contributed by atoms with van der Waals surface area (Å²) in [5.74, 6) is 0.335. The minimum Gasteiger partial charge on any atom is -0.437 e. The Morgan fingerprint density at radius 1 is 1.26 bits per heavy atom. The van der Waals surface area contributed by atoms with Gasteiger partial charge >= 0.3 is 0 Å². The van der Waals surface area contributed by atoms with Crippen LogP contribution < -0.4 is 21.5 Å². The third-order valence-electron chi connectivity index (χ3n) is 5.98. The number of benzene rings is 1. The number of amides is 1. The highest BCUT2D eigenvalue weighted by Gasteiger charge is 2.22. The van der Waals surface area contributed by atoms with Crippen LogP contribution in [-0.2, 0) is 11.2 Å². The highest BCUT2D eigenvalue weighted by atomic mass is 16.5. The quantitative estimate of drug-likeness (QED) is 0.373. The largest absolute Gasteiger partial charge is 0.437 e. The van der Waals surface area contributed by atoms with Crippen LogP contribution in [-0.4, -0.2) is 63.9 Å². The molecule has 1 saturated heterocycles. The van der Waals surface area contributed by atoms with Crippen molar-refractivity contribution in [2.24, 2.45) is 5.73 Å². The van der Waals surface area contributed by atoms with Crippen LogP contribution >= 0.6 is 0 Å². The molecule has 0 saturated carbocycles. The maximum Gasteiger partial charge on any atom is 0.271 e. The lowest BCUT2D eigenvalue weighted by molar-refractivity contribution is 0.0996. The first-order chi connectivity index (χ1) is 17.0. The van der Waals surface area contributed by atoms with Crippen LogP contribution in [0.25, 0.3) is 0 Å². The van der Waals surface area contributed by atoms with Crippen LogP contribution in [0, 0.1) is 0 Å². The molecule has 3 aromatic rings. The molecule has 3 heterocycles. The molecule has 35 heavy (non-hydrogen) atoms. The van der Waals surface area contributed by atoms with Gasteiger partial charge in [0.1, 0.15) is 11.4 Å². The summed E-state index contributed by atoms with van der Waals surface area (Å²) in [6.07, 6.45) is 6.12. The van der Waals surface area contributed by atoms with Gasteiger partial charge in [-0.15, -0.1) is 0 Å². The molecule has 2 aromatic heterocycles. The van der Waals surface area contributed by atoms with Crippen LogP contribution in [0.5, 0.6) is 11.6 Å². The van der Waals surface area contributed by atoms with Gasteiger partial charge in [0.25, 0.3) is 5.91 Å². The Kier molecular flexibility index (Phi) is 7.78. The number of aryl methyl sites for hydroxylation is 1. The van der Waals surface area contributed by atoms with E-state index in [1.807, 2.05) is 17.8 Å². The number of hydrogen-bond donors (Lipinski definition) is 3. The van der Waals surface area contributed by atoms with E-state index in [1.165, 1.54) is 0 Å². The summed E-state index contributed by atoms with van der Waals surface area (Å²) in [6, 6.07) is 7.33. The summed E-state index contributed by atoms with van der Waals surface area (Å²) in [4.78, 5) is 23.5. The predicted molar refractivity (Wildman–Crippen MR) is 133 cm³/mol. The van der Waals surface area contributed by atoms with Crippen molar-refractivity contribution in [3.8, 4) is 11.6 Å². The zero-order valence-corrected chi connectivity index (χ0v) is 20.1. The van der Waals surface area contributed by atoms with Crippen molar-refractivity contribution in [3.63, 3.8) is 0 Å². The number of likely N-dealkylation sites (tertiary alicyclic amines) is 1. The average molecular weight is 481 g/mol. The van der Waals surface area contributed by atoms with Gasteiger partial charge in [-0.25, -0.2) is 4.98 Å². The zero-order chi connectivity index (χ0) is 24.8. The van der Waals surface area contributed by atoms with Gasteiger partial charge in [-0.2, -0.15) is 10.1 Å². The summed E-state index contributed by atoms with van der Waals surface area (Å²) in [6.45, 7) is 5.58. The summed E-state index contributed by atoms with van der Waals surface area (Å²) < 4.78 is 13.1. The van der Waals surface area contributed by atoms with Gasteiger partial charge in [-0.3, -0.25) is 9.48 Å². The topological polar surface area (TPSA) is 146 Å². The van der Waals surface area contributed by atoms with Crippen molar-refractivity contribution in [1.29, 1.82) is 0 Å². The molecule has 0 aliphatic carbocycles. The van der Waals surface area contributed by atoms with Crippen LogP contribution in [0.15, 0.2) is 36.7 Å². The van der Waals surface area contributed by atoms with Crippen molar-refractivity contribution in [1.82, 2.24) is 24.6 Å². The molecule has 0 unspecified atom stereocenters. The molecule has 1 aromatic carbocycles. The molecule has 11 heteroatoms. The normalized spacial score (nSPS) is 14.7. The summed E-state index contributed by atoms with van der Waals surface area (Å²) >= 11 is 0. The Morgan fingerprint density at radius 3 is 2.74 bits per heavy atom. The fourth-order valence-corrected chi connectivity index (χ4v) is 4.08. The van der Waals surface area contributed by atoms with Crippen molar-refractivity contribution < 1.29 is 14.3 Å². The Labute approximate surface area is 204 Å². The molecule has 0 spiro atoms. The van der Waals surface area contributed by atoms with Gasteiger partial charge in [0, 0.05) is 44.7 Å². The molecule has 1 aliphatic heterocycles. The number of methoxy groups -OCH3 is 1. The molecular weight excluding hydrogens is 448 g/mol. The number of ether oxygens (including phenoxy) is 2. The number of nitrogen functional groups attached to an aromatic ring is 1. The number of nitrogens with zero attached hydrogens (tertiary/aromatic N) is 5. The number of carbonyl (C=O) groups excluding carboxylic acids is 1. The number of anilines is 3. The Balaban J connectivity index is 1.52. The lowest BCUT2D eigenvalue weighted by Gasteiger charge is -2.31. The first-order valence-corrected chi connectivity index (χ1v) is 11.7.